The van der Waals surface area contributed by atoms with Crippen LogP contribution in [-0.4, -0.2) is 37.2 Å². The maximum Gasteiger partial charge on any atom is 0.306 e. The predicted octanol–water partition coefficient (Wildman–Crippen LogP) is 25.0. The molecule has 0 aliphatic heterocycles. The summed E-state index contributed by atoms with van der Waals surface area (Å²) in [5, 5.41) is 0. The van der Waals surface area contributed by atoms with Crippen molar-refractivity contribution in [1.29, 1.82) is 0 Å². The van der Waals surface area contributed by atoms with Crippen LogP contribution in [0, 0.1) is 0 Å². The molecule has 6 nitrogen and oxygen atoms in total. The lowest BCUT2D eigenvalue weighted by atomic mass is 10.0. The molecule has 6 heteroatoms. The number of ether oxygens (including phenoxy) is 3. The van der Waals surface area contributed by atoms with Gasteiger partial charge in [0.15, 0.2) is 6.10 Å². The first-order valence-electron chi connectivity index (χ1n) is 36.1. The lowest BCUT2D eigenvalue weighted by molar-refractivity contribution is -0.167. The smallest absolute Gasteiger partial charge is 0.306 e. The van der Waals surface area contributed by atoms with Crippen LogP contribution in [0.5, 0.6) is 0 Å². The van der Waals surface area contributed by atoms with Gasteiger partial charge in [0.05, 0.1) is 0 Å². The summed E-state index contributed by atoms with van der Waals surface area (Å²) in [6.07, 6.45) is 94.9. The molecule has 0 aromatic heterocycles. The summed E-state index contributed by atoms with van der Waals surface area (Å²) in [5.74, 6) is -0.905. The highest BCUT2D eigenvalue weighted by atomic mass is 16.6. The van der Waals surface area contributed by atoms with Crippen molar-refractivity contribution in [2.24, 2.45) is 0 Å². The molecule has 0 aliphatic rings. The van der Waals surface area contributed by atoms with Crippen molar-refractivity contribution in [3.8, 4) is 0 Å². The molecule has 0 spiro atoms. The van der Waals surface area contributed by atoms with E-state index >= 15 is 0 Å². The van der Waals surface area contributed by atoms with Gasteiger partial charge in [-0.3, -0.25) is 14.4 Å². The molecule has 0 saturated heterocycles. The van der Waals surface area contributed by atoms with Crippen LogP contribution in [0.4, 0.5) is 0 Å². The Balaban J connectivity index is 4.23. The molecule has 0 amide bonds. The van der Waals surface area contributed by atoms with Crippen LogP contribution in [0.2, 0.25) is 0 Å². The molecule has 0 heterocycles. The molecular weight excluding hydrogens is 1020 g/mol. The Morgan fingerprint density at radius 1 is 0.253 bits per heavy atom. The molecule has 0 aliphatic carbocycles. The topological polar surface area (TPSA) is 78.9 Å². The van der Waals surface area contributed by atoms with E-state index in [2.05, 4.69) is 106 Å². The quantitative estimate of drug-likeness (QED) is 0.0261. The molecule has 0 saturated carbocycles. The van der Waals surface area contributed by atoms with Gasteiger partial charge in [-0.15, -0.1) is 0 Å². The van der Waals surface area contributed by atoms with Crippen molar-refractivity contribution >= 4 is 17.9 Å². The zero-order valence-corrected chi connectivity index (χ0v) is 55.2. The van der Waals surface area contributed by atoms with E-state index in [0.29, 0.717) is 19.3 Å². The molecular formula is C77H136O6. The highest BCUT2D eigenvalue weighted by Gasteiger charge is 2.19. The van der Waals surface area contributed by atoms with Crippen LogP contribution in [0.3, 0.4) is 0 Å². The summed E-state index contributed by atoms with van der Waals surface area (Å²) in [4.78, 5) is 38.4. The Morgan fingerprint density at radius 3 is 0.771 bits per heavy atom. The summed E-state index contributed by atoms with van der Waals surface area (Å²) in [5.41, 5.74) is 0. The SMILES string of the molecule is CC/C=C\C/C=C\C/C=C\C/C=C\C/C=C\C/C=C\CCCCCCC(=O)OC(COC(=O)CCCCCCC/C=C\CCCCC)COC(=O)CCCCCCCCCCCCCCCCCCCCCCCCCCCCCCCC. The summed E-state index contributed by atoms with van der Waals surface area (Å²) in [6.45, 7) is 6.52. The second-order valence-corrected chi connectivity index (χ2v) is 24.1. The first-order chi connectivity index (χ1) is 41.0. The van der Waals surface area contributed by atoms with Gasteiger partial charge in [0.25, 0.3) is 0 Å². The first kappa shape index (κ1) is 79.6. The van der Waals surface area contributed by atoms with Gasteiger partial charge in [0.2, 0.25) is 0 Å². The molecule has 0 N–H and O–H groups in total. The second-order valence-electron chi connectivity index (χ2n) is 24.1. The van der Waals surface area contributed by atoms with Crippen LogP contribution < -0.4 is 0 Å². The fourth-order valence-electron chi connectivity index (χ4n) is 10.5. The van der Waals surface area contributed by atoms with Crippen LogP contribution >= 0.6 is 0 Å². The number of esters is 3. The molecule has 0 bridgehead atoms. The van der Waals surface area contributed by atoms with Crippen LogP contribution in [0.1, 0.15) is 367 Å². The number of carbonyl (C=O) groups is 3. The Labute approximate surface area is 515 Å². The maximum absolute atomic E-state index is 12.9. The fourth-order valence-corrected chi connectivity index (χ4v) is 10.5. The van der Waals surface area contributed by atoms with E-state index in [1.807, 2.05) is 0 Å². The van der Waals surface area contributed by atoms with Gasteiger partial charge < -0.3 is 14.2 Å². The average Bonchev–Trinajstić information content (AvgIpc) is 3.49. The Hall–Kier alpha value is -3.41. The number of rotatable bonds is 66. The minimum absolute atomic E-state index is 0.0869. The van der Waals surface area contributed by atoms with E-state index in [1.165, 1.54) is 212 Å². The van der Waals surface area contributed by atoms with Crippen molar-refractivity contribution in [2.45, 2.75) is 374 Å². The Bertz CT molecular complexity index is 1570. The highest BCUT2D eigenvalue weighted by Crippen LogP contribution is 2.18. The average molecular weight is 1160 g/mol. The number of hydrogen-bond donors (Lipinski definition) is 0. The van der Waals surface area contributed by atoms with Gasteiger partial charge >= 0.3 is 17.9 Å². The summed E-state index contributed by atoms with van der Waals surface area (Å²) >= 11 is 0. The van der Waals surface area contributed by atoms with Gasteiger partial charge in [-0.05, 0) is 96.3 Å². The molecule has 1 atom stereocenters. The van der Waals surface area contributed by atoms with Crippen molar-refractivity contribution in [1.82, 2.24) is 0 Å². The van der Waals surface area contributed by atoms with Crippen molar-refractivity contribution in [3.63, 3.8) is 0 Å². The van der Waals surface area contributed by atoms with Crippen LogP contribution in [-0.2, 0) is 28.6 Å². The lowest BCUT2D eigenvalue weighted by Crippen LogP contribution is -2.30. The van der Waals surface area contributed by atoms with Crippen LogP contribution in [0.25, 0.3) is 0 Å². The third-order valence-electron chi connectivity index (χ3n) is 15.9. The summed E-state index contributed by atoms with van der Waals surface area (Å²) in [7, 11) is 0. The van der Waals surface area contributed by atoms with Gasteiger partial charge in [0, 0.05) is 19.3 Å². The molecule has 83 heavy (non-hydrogen) atoms. The fraction of sp³-hybridized carbons (Fsp3) is 0.779. The largest absolute Gasteiger partial charge is 0.462 e. The van der Waals surface area contributed by atoms with Gasteiger partial charge in [-0.1, -0.05) is 337 Å². The number of carbonyl (C=O) groups excluding carboxylic acids is 3. The Kier molecular flexibility index (Phi) is 68.2. The Morgan fingerprint density at radius 2 is 0.470 bits per heavy atom. The van der Waals surface area contributed by atoms with E-state index in [-0.39, 0.29) is 31.1 Å². The van der Waals surface area contributed by atoms with Gasteiger partial charge in [0.1, 0.15) is 13.2 Å². The van der Waals surface area contributed by atoms with E-state index < -0.39 is 6.10 Å². The lowest BCUT2D eigenvalue weighted by Gasteiger charge is -2.18. The predicted molar refractivity (Wildman–Crippen MR) is 362 cm³/mol. The monoisotopic (exact) mass is 1160 g/mol. The number of allylic oxidation sites excluding steroid dienone is 14. The van der Waals surface area contributed by atoms with E-state index in [0.717, 1.165) is 116 Å². The number of unbranched alkanes of at least 4 members (excludes halogenated alkanes) is 41. The molecule has 0 aromatic carbocycles. The molecule has 0 fully saturated rings. The molecule has 480 valence electrons. The third kappa shape index (κ3) is 69.3. The minimum atomic E-state index is -0.794. The third-order valence-corrected chi connectivity index (χ3v) is 15.9. The van der Waals surface area contributed by atoms with E-state index in [1.54, 1.807) is 0 Å². The second kappa shape index (κ2) is 71.1. The highest BCUT2D eigenvalue weighted by molar-refractivity contribution is 5.71. The number of hydrogen-bond acceptors (Lipinski definition) is 6. The maximum atomic E-state index is 12.9. The first-order valence-corrected chi connectivity index (χ1v) is 36.1. The normalized spacial score (nSPS) is 12.6. The van der Waals surface area contributed by atoms with Crippen molar-refractivity contribution in [2.75, 3.05) is 13.2 Å². The summed E-state index contributed by atoms with van der Waals surface area (Å²) in [6, 6.07) is 0. The van der Waals surface area contributed by atoms with Crippen molar-refractivity contribution < 1.29 is 28.6 Å². The minimum Gasteiger partial charge on any atom is -0.462 e. The zero-order valence-electron chi connectivity index (χ0n) is 55.2. The standard InChI is InChI=1S/C77H136O6/c1-4-7-10-13-16-19-22-25-27-29-31-33-35-36-37-38-39-40-41-43-44-46-48-50-52-55-58-61-64-67-70-76(79)82-73-74(72-81-75(78)69-66-63-60-57-54-24-21-18-15-12-9-6-3)83-77(80)71-68-65-62-59-56-53-51-49-47-45-42-34-32-30-28-26-23-20-17-14-11-8-5-2/h8,11,17-18,20-21,26,28,32,34,45,47,51,53,74H,4-7,9-10,12-16,19,22-25,27,29-31,33,35-44,46,48-50,52,54-73H2,1-3H3/b11-8-,20-17-,21-18-,28-26-,34-32-,47-45-,53-51-. The molecule has 0 aromatic rings. The molecule has 1 unspecified atom stereocenters. The van der Waals surface area contributed by atoms with Gasteiger partial charge in [-0.2, -0.15) is 0 Å². The van der Waals surface area contributed by atoms with Gasteiger partial charge in [-0.25, -0.2) is 0 Å². The molecule has 0 radical (unpaired) electrons. The van der Waals surface area contributed by atoms with Crippen LogP contribution in [0.15, 0.2) is 85.1 Å². The summed E-state index contributed by atoms with van der Waals surface area (Å²) < 4.78 is 16.9. The zero-order chi connectivity index (χ0) is 59.9. The van der Waals surface area contributed by atoms with E-state index in [9.17, 15) is 14.4 Å². The molecule has 0 rings (SSSR count). The van der Waals surface area contributed by atoms with E-state index in [4.69, 9.17) is 14.2 Å². The van der Waals surface area contributed by atoms with Crippen molar-refractivity contribution in [3.05, 3.63) is 85.1 Å².